The van der Waals surface area contributed by atoms with Crippen LogP contribution in [0.4, 0.5) is 0 Å². The van der Waals surface area contributed by atoms with Crippen LogP contribution in [0.15, 0.2) is 0 Å². The quantitative estimate of drug-likeness (QED) is 0.638. The van der Waals surface area contributed by atoms with Crippen LogP contribution in [0.25, 0.3) is 0 Å². The predicted molar refractivity (Wildman–Crippen MR) is 50.9 cm³/mol. The summed E-state index contributed by atoms with van der Waals surface area (Å²) in [5.74, 6) is 1.25. The fraction of sp³-hybridized carbons (Fsp3) is 0.889. The highest BCUT2D eigenvalue weighted by Gasteiger charge is 2.07. The molecule has 1 unspecified atom stereocenters. The van der Waals surface area contributed by atoms with Gasteiger partial charge in [0.15, 0.2) is 0 Å². The van der Waals surface area contributed by atoms with Gasteiger partial charge in [-0.2, -0.15) is 0 Å². The first kappa shape index (κ1) is 11.4. The van der Waals surface area contributed by atoms with Crippen LogP contribution in [0.1, 0.15) is 20.8 Å². The van der Waals surface area contributed by atoms with Gasteiger partial charge in [0.1, 0.15) is 0 Å². The molecular formula is C9H20N2O. The van der Waals surface area contributed by atoms with E-state index >= 15 is 0 Å². The number of hydrogen-bond donors (Lipinski definition) is 2. The van der Waals surface area contributed by atoms with Gasteiger partial charge in [0.25, 0.3) is 0 Å². The number of amides is 1. The average Bonchev–Trinajstić information content (AvgIpc) is 2.00. The van der Waals surface area contributed by atoms with E-state index in [0.717, 1.165) is 6.54 Å². The number of likely N-dealkylation sites (N-methyl/N-ethyl adjacent to an activating group) is 1. The lowest BCUT2D eigenvalue weighted by atomic mass is 9.98. The number of carbonyl (C=O) groups is 1. The van der Waals surface area contributed by atoms with Gasteiger partial charge in [-0.05, 0) is 18.9 Å². The first-order valence-electron chi connectivity index (χ1n) is 4.49. The second-order valence-electron chi connectivity index (χ2n) is 3.56. The molecule has 0 spiro atoms. The SMILES string of the molecule is CNCC(=O)NCC(C)C(C)C. The van der Waals surface area contributed by atoms with Crippen molar-refractivity contribution in [3.63, 3.8) is 0 Å². The summed E-state index contributed by atoms with van der Waals surface area (Å²) in [5.41, 5.74) is 0. The maximum Gasteiger partial charge on any atom is 0.233 e. The Morgan fingerprint density at radius 3 is 2.33 bits per heavy atom. The summed E-state index contributed by atoms with van der Waals surface area (Å²) in [7, 11) is 1.77. The second kappa shape index (κ2) is 6.00. The second-order valence-corrected chi connectivity index (χ2v) is 3.56. The van der Waals surface area contributed by atoms with Crippen molar-refractivity contribution >= 4 is 5.91 Å². The van der Waals surface area contributed by atoms with E-state index in [1.165, 1.54) is 0 Å². The maximum atomic E-state index is 11.0. The van der Waals surface area contributed by atoms with E-state index in [1.807, 2.05) is 0 Å². The van der Waals surface area contributed by atoms with Gasteiger partial charge in [0.2, 0.25) is 5.91 Å². The number of rotatable bonds is 5. The molecule has 0 radical (unpaired) electrons. The number of nitrogens with one attached hydrogen (secondary N) is 2. The molecule has 0 aromatic rings. The Hall–Kier alpha value is -0.570. The first-order chi connectivity index (χ1) is 5.57. The minimum atomic E-state index is 0.0741. The van der Waals surface area contributed by atoms with E-state index in [2.05, 4.69) is 31.4 Å². The van der Waals surface area contributed by atoms with Crippen molar-refractivity contribution in [3.8, 4) is 0 Å². The Labute approximate surface area is 74.9 Å². The van der Waals surface area contributed by atoms with Crippen molar-refractivity contribution in [3.05, 3.63) is 0 Å². The molecule has 0 aliphatic carbocycles. The van der Waals surface area contributed by atoms with Gasteiger partial charge >= 0.3 is 0 Å². The zero-order valence-corrected chi connectivity index (χ0v) is 8.48. The van der Waals surface area contributed by atoms with Crippen molar-refractivity contribution in [1.82, 2.24) is 10.6 Å². The summed E-state index contributed by atoms with van der Waals surface area (Å²) in [4.78, 5) is 11.0. The van der Waals surface area contributed by atoms with E-state index in [4.69, 9.17) is 0 Å². The van der Waals surface area contributed by atoms with Crippen LogP contribution in [0.2, 0.25) is 0 Å². The Balaban J connectivity index is 3.47. The van der Waals surface area contributed by atoms with Crippen LogP contribution in [0.3, 0.4) is 0 Å². The minimum absolute atomic E-state index is 0.0741. The summed E-state index contributed by atoms with van der Waals surface area (Å²) in [6.07, 6.45) is 0. The van der Waals surface area contributed by atoms with Crippen molar-refractivity contribution in [2.24, 2.45) is 11.8 Å². The van der Waals surface area contributed by atoms with Crippen molar-refractivity contribution in [2.75, 3.05) is 20.1 Å². The molecule has 1 amide bonds. The molecule has 0 aromatic heterocycles. The Bertz CT molecular complexity index is 134. The Morgan fingerprint density at radius 1 is 1.33 bits per heavy atom. The van der Waals surface area contributed by atoms with E-state index < -0.39 is 0 Å². The van der Waals surface area contributed by atoms with Crippen LogP contribution >= 0.6 is 0 Å². The standard InChI is InChI=1S/C9H20N2O/c1-7(2)8(3)5-11-9(12)6-10-4/h7-8,10H,5-6H2,1-4H3,(H,11,12). The van der Waals surface area contributed by atoms with Gasteiger partial charge in [-0.3, -0.25) is 4.79 Å². The fourth-order valence-electron chi connectivity index (χ4n) is 0.734. The lowest BCUT2D eigenvalue weighted by Crippen LogP contribution is -2.35. The third-order valence-electron chi connectivity index (χ3n) is 2.10. The van der Waals surface area contributed by atoms with E-state index in [0.29, 0.717) is 18.4 Å². The lowest BCUT2D eigenvalue weighted by Gasteiger charge is -2.15. The molecule has 3 nitrogen and oxygen atoms in total. The van der Waals surface area contributed by atoms with E-state index in [1.54, 1.807) is 7.05 Å². The lowest BCUT2D eigenvalue weighted by molar-refractivity contribution is -0.120. The summed E-state index contributed by atoms with van der Waals surface area (Å²) >= 11 is 0. The van der Waals surface area contributed by atoms with Crippen LogP contribution < -0.4 is 10.6 Å². The molecule has 0 aliphatic rings. The Kier molecular flexibility index (Phi) is 5.72. The van der Waals surface area contributed by atoms with Crippen LogP contribution in [0, 0.1) is 11.8 Å². The van der Waals surface area contributed by atoms with Crippen LogP contribution in [-0.2, 0) is 4.79 Å². The third-order valence-corrected chi connectivity index (χ3v) is 2.10. The third kappa shape index (κ3) is 5.13. The largest absolute Gasteiger partial charge is 0.355 e. The van der Waals surface area contributed by atoms with Gasteiger partial charge < -0.3 is 10.6 Å². The molecule has 72 valence electrons. The summed E-state index contributed by atoms with van der Waals surface area (Å²) in [5, 5.41) is 5.67. The molecular weight excluding hydrogens is 152 g/mol. The van der Waals surface area contributed by atoms with Gasteiger partial charge in [0, 0.05) is 6.54 Å². The highest BCUT2D eigenvalue weighted by atomic mass is 16.1. The molecule has 0 rings (SSSR count). The average molecular weight is 172 g/mol. The molecule has 0 saturated heterocycles. The van der Waals surface area contributed by atoms with Crippen molar-refractivity contribution in [2.45, 2.75) is 20.8 Å². The van der Waals surface area contributed by atoms with Gasteiger partial charge in [-0.15, -0.1) is 0 Å². The first-order valence-corrected chi connectivity index (χ1v) is 4.49. The summed E-state index contributed by atoms with van der Waals surface area (Å²) < 4.78 is 0. The highest BCUT2D eigenvalue weighted by molar-refractivity contribution is 5.77. The molecule has 0 aliphatic heterocycles. The van der Waals surface area contributed by atoms with Gasteiger partial charge in [0.05, 0.1) is 6.54 Å². The molecule has 12 heavy (non-hydrogen) atoms. The summed E-state index contributed by atoms with van der Waals surface area (Å²) in [6.45, 7) is 7.65. The molecule has 0 bridgehead atoms. The number of hydrogen-bond acceptors (Lipinski definition) is 2. The van der Waals surface area contributed by atoms with Crippen molar-refractivity contribution < 1.29 is 4.79 Å². The topological polar surface area (TPSA) is 41.1 Å². The Morgan fingerprint density at radius 2 is 1.92 bits per heavy atom. The van der Waals surface area contributed by atoms with Crippen LogP contribution in [-0.4, -0.2) is 26.0 Å². The zero-order chi connectivity index (χ0) is 9.56. The number of carbonyl (C=O) groups excluding carboxylic acids is 1. The fourth-order valence-corrected chi connectivity index (χ4v) is 0.734. The predicted octanol–water partition coefficient (Wildman–Crippen LogP) is 0.614. The molecule has 3 heteroatoms. The van der Waals surface area contributed by atoms with Gasteiger partial charge in [-0.1, -0.05) is 20.8 Å². The zero-order valence-electron chi connectivity index (χ0n) is 8.48. The molecule has 2 N–H and O–H groups in total. The minimum Gasteiger partial charge on any atom is -0.355 e. The molecule has 0 heterocycles. The van der Waals surface area contributed by atoms with Crippen LogP contribution in [0.5, 0.6) is 0 Å². The monoisotopic (exact) mass is 172 g/mol. The molecule has 0 saturated carbocycles. The van der Waals surface area contributed by atoms with E-state index in [-0.39, 0.29) is 5.91 Å². The normalized spacial score (nSPS) is 13.1. The van der Waals surface area contributed by atoms with Gasteiger partial charge in [-0.25, -0.2) is 0 Å². The molecule has 0 aromatic carbocycles. The maximum absolute atomic E-state index is 11.0. The smallest absolute Gasteiger partial charge is 0.233 e. The molecule has 1 atom stereocenters. The highest BCUT2D eigenvalue weighted by Crippen LogP contribution is 2.07. The van der Waals surface area contributed by atoms with E-state index in [9.17, 15) is 4.79 Å². The summed E-state index contributed by atoms with van der Waals surface area (Å²) in [6, 6.07) is 0. The van der Waals surface area contributed by atoms with Crippen molar-refractivity contribution in [1.29, 1.82) is 0 Å². The molecule has 0 fully saturated rings.